The summed E-state index contributed by atoms with van der Waals surface area (Å²) in [5, 5.41) is 43.1. The van der Waals surface area contributed by atoms with Gasteiger partial charge < -0.3 is 35.8 Å². The van der Waals surface area contributed by atoms with E-state index in [2.05, 4.69) is 10.6 Å². The highest BCUT2D eigenvalue weighted by molar-refractivity contribution is 5.87. The van der Waals surface area contributed by atoms with Crippen LogP contribution in [0.4, 0.5) is 0 Å². The summed E-state index contributed by atoms with van der Waals surface area (Å²) < 4.78 is 5.44. The Hall–Kier alpha value is -1.92. The minimum atomic E-state index is -1.43. The summed E-state index contributed by atoms with van der Waals surface area (Å²) in [6.07, 6.45) is -4.84. The molecule has 2 amide bonds. The zero-order chi connectivity index (χ0) is 26.0. The topological polar surface area (TPSA) is 182 Å². The zero-order valence-electron chi connectivity index (χ0n) is 20.4. The molecule has 0 aliphatic rings. The van der Waals surface area contributed by atoms with Gasteiger partial charge in [0.05, 0.1) is 13.2 Å². The minimum Gasteiger partial charge on any atom is -0.396 e. The third kappa shape index (κ3) is 10.3. The number of rotatable bonds is 16. The van der Waals surface area contributed by atoms with Crippen LogP contribution in [0.25, 0.3) is 0 Å². The molecule has 0 saturated carbocycles. The van der Waals surface area contributed by atoms with Crippen molar-refractivity contribution in [3.05, 3.63) is 0 Å². The fourth-order valence-electron chi connectivity index (χ4n) is 2.56. The number of hydrogen-bond acceptors (Lipinski definition) is 9. The van der Waals surface area contributed by atoms with Gasteiger partial charge in [0, 0.05) is 36.8 Å². The Bertz CT molecular complexity index is 623. The van der Waals surface area contributed by atoms with E-state index in [1.807, 2.05) is 0 Å². The van der Waals surface area contributed by atoms with Crippen LogP contribution in [0.5, 0.6) is 0 Å². The smallest absolute Gasteiger partial charge is 0.249 e. The average Bonchev–Trinajstić information content (AvgIpc) is 2.77. The summed E-state index contributed by atoms with van der Waals surface area (Å²) in [5.41, 5.74) is -2.04. The average molecular weight is 477 g/mol. The number of nitrogens with one attached hydrogen (secondary N) is 2. The molecule has 0 saturated heterocycles. The first-order valence-electron chi connectivity index (χ1n) is 10.9. The molecule has 11 heteroatoms. The van der Waals surface area contributed by atoms with E-state index in [1.165, 1.54) is 41.5 Å². The summed E-state index contributed by atoms with van der Waals surface area (Å²) in [7, 11) is 0. The molecule has 192 valence electrons. The number of ketones is 2. The normalized spacial score (nSPS) is 15.8. The molecule has 0 aliphatic heterocycles. The molecule has 0 aromatic heterocycles. The quantitative estimate of drug-likeness (QED) is 0.157. The number of Topliss-reactive ketones (excluding diaryl/α,β-unsaturated/α-hetero) is 2. The van der Waals surface area contributed by atoms with Crippen molar-refractivity contribution in [2.24, 2.45) is 10.8 Å². The molecule has 0 spiro atoms. The molecule has 0 heterocycles. The fraction of sp³-hybridized carbons (Fsp3) is 0.818. The fourth-order valence-corrected chi connectivity index (χ4v) is 2.56. The first kappa shape index (κ1) is 31.1. The third-order valence-corrected chi connectivity index (χ3v) is 5.45. The molecule has 0 radical (unpaired) electrons. The monoisotopic (exact) mass is 476 g/mol. The van der Waals surface area contributed by atoms with Gasteiger partial charge in [-0.1, -0.05) is 27.7 Å². The highest BCUT2D eigenvalue weighted by Crippen LogP contribution is 2.20. The van der Waals surface area contributed by atoms with Crippen molar-refractivity contribution < 1.29 is 44.3 Å². The third-order valence-electron chi connectivity index (χ3n) is 5.45. The van der Waals surface area contributed by atoms with E-state index in [1.54, 1.807) is 0 Å². The van der Waals surface area contributed by atoms with Crippen molar-refractivity contribution in [3.8, 4) is 0 Å². The van der Waals surface area contributed by atoms with E-state index in [0.29, 0.717) is 0 Å². The van der Waals surface area contributed by atoms with E-state index in [-0.39, 0.29) is 50.7 Å². The second kappa shape index (κ2) is 13.7. The molecule has 33 heavy (non-hydrogen) atoms. The van der Waals surface area contributed by atoms with Crippen LogP contribution in [-0.4, -0.2) is 94.5 Å². The molecule has 0 bridgehead atoms. The number of aliphatic hydroxyl groups is 4. The Morgan fingerprint density at radius 1 is 0.727 bits per heavy atom. The summed E-state index contributed by atoms with van der Waals surface area (Å²) in [5.74, 6) is -2.11. The Kier molecular flexibility index (Phi) is 12.9. The van der Waals surface area contributed by atoms with Crippen molar-refractivity contribution in [1.29, 1.82) is 0 Å². The summed E-state index contributed by atoms with van der Waals surface area (Å²) in [6, 6.07) is 0. The number of ether oxygens (including phenoxy) is 1. The van der Waals surface area contributed by atoms with E-state index < -0.39 is 47.1 Å². The summed E-state index contributed by atoms with van der Waals surface area (Å²) in [4.78, 5) is 48.2. The van der Waals surface area contributed by atoms with Crippen LogP contribution in [0.1, 0.15) is 54.4 Å². The van der Waals surface area contributed by atoms with Crippen molar-refractivity contribution >= 4 is 23.4 Å². The molecule has 2 unspecified atom stereocenters. The summed E-state index contributed by atoms with van der Waals surface area (Å²) >= 11 is 0. The second-order valence-electron chi connectivity index (χ2n) is 9.53. The molecule has 4 atom stereocenters. The number of amides is 2. The minimum absolute atomic E-state index is 0.0369. The molecule has 0 aliphatic carbocycles. The molecule has 11 nitrogen and oxygen atoms in total. The van der Waals surface area contributed by atoms with E-state index in [0.717, 1.165) is 0 Å². The number of aliphatic hydroxyl groups excluding tert-OH is 4. The standard InChI is InChI=1S/C22H40N2O9/c1-13(15(27)7-9-23-19(31)17(29)21(3,4)11-25)33-14(2)16(28)8-10-24-20(32)18(30)22(5,6)12-26/h13-14,17-18,25-26,29-30H,7-12H2,1-6H3,(H,23,31)(H,24,32)/t13?,14?,17-,18-/m0/s1. The highest BCUT2D eigenvalue weighted by atomic mass is 16.5. The van der Waals surface area contributed by atoms with Crippen molar-refractivity contribution in [2.45, 2.75) is 78.8 Å². The molecule has 0 aromatic rings. The van der Waals surface area contributed by atoms with Crippen molar-refractivity contribution in [2.75, 3.05) is 26.3 Å². The van der Waals surface area contributed by atoms with Crippen molar-refractivity contribution in [1.82, 2.24) is 10.6 Å². The van der Waals surface area contributed by atoms with Crippen LogP contribution in [0.15, 0.2) is 0 Å². The van der Waals surface area contributed by atoms with Gasteiger partial charge in [0.2, 0.25) is 11.8 Å². The molecule has 0 rings (SSSR count). The predicted octanol–water partition coefficient (Wildman–Crippen LogP) is -1.31. The van der Waals surface area contributed by atoms with Crippen LogP contribution in [-0.2, 0) is 23.9 Å². The van der Waals surface area contributed by atoms with E-state index in [4.69, 9.17) is 4.74 Å². The van der Waals surface area contributed by atoms with Gasteiger partial charge in [0.25, 0.3) is 0 Å². The van der Waals surface area contributed by atoms with E-state index >= 15 is 0 Å². The van der Waals surface area contributed by atoms with Gasteiger partial charge in [-0.2, -0.15) is 0 Å². The van der Waals surface area contributed by atoms with Crippen LogP contribution >= 0.6 is 0 Å². The molecule has 0 fully saturated rings. The van der Waals surface area contributed by atoms with Gasteiger partial charge in [0.1, 0.15) is 24.4 Å². The van der Waals surface area contributed by atoms with Crippen LogP contribution < -0.4 is 10.6 Å². The van der Waals surface area contributed by atoms with Gasteiger partial charge in [0.15, 0.2) is 11.6 Å². The summed E-state index contributed by atoms with van der Waals surface area (Å²) in [6.45, 7) is 8.22. The van der Waals surface area contributed by atoms with Crippen molar-refractivity contribution in [3.63, 3.8) is 0 Å². The Morgan fingerprint density at radius 3 is 1.30 bits per heavy atom. The Morgan fingerprint density at radius 2 is 1.03 bits per heavy atom. The maximum Gasteiger partial charge on any atom is 0.249 e. The second-order valence-corrected chi connectivity index (χ2v) is 9.53. The maximum absolute atomic E-state index is 12.2. The molecular weight excluding hydrogens is 436 g/mol. The van der Waals surface area contributed by atoms with Gasteiger partial charge in [-0.3, -0.25) is 19.2 Å². The van der Waals surface area contributed by atoms with Gasteiger partial charge in [-0.05, 0) is 13.8 Å². The number of hydrogen-bond donors (Lipinski definition) is 6. The molecule has 0 aromatic carbocycles. The largest absolute Gasteiger partial charge is 0.396 e. The first-order valence-corrected chi connectivity index (χ1v) is 10.9. The number of carbonyl (C=O) groups is 4. The van der Waals surface area contributed by atoms with Gasteiger partial charge >= 0.3 is 0 Å². The Labute approximate surface area is 194 Å². The van der Waals surface area contributed by atoms with E-state index in [9.17, 15) is 39.6 Å². The first-order chi connectivity index (χ1) is 15.1. The Balaban J connectivity index is 4.39. The lowest BCUT2D eigenvalue weighted by molar-refractivity contribution is -0.141. The SMILES string of the molecule is CC(OC(C)C(=O)CCNC(=O)[C@H](O)C(C)(C)CO)C(=O)CCNC(=O)[C@H](O)C(C)(C)CO. The van der Waals surface area contributed by atoms with Crippen LogP contribution in [0.3, 0.4) is 0 Å². The van der Waals surface area contributed by atoms with Gasteiger partial charge in [-0.25, -0.2) is 0 Å². The lowest BCUT2D eigenvalue weighted by Crippen LogP contribution is -2.46. The lowest BCUT2D eigenvalue weighted by Gasteiger charge is -2.27. The number of carbonyl (C=O) groups excluding carboxylic acids is 4. The molecular formula is C22H40N2O9. The zero-order valence-corrected chi connectivity index (χ0v) is 20.4. The predicted molar refractivity (Wildman–Crippen MR) is 119 cm³/mol. The lowest BCUT2D eigenvalue weighted by atomic mass is 9.87. The highest BCUT2D eigenvalue weighted by Gasteiger charge is 2.34. The van der Waals surface area contributed by atoms with Crippen LogP contribution in [0.2, 0.25) is 0 Å². The maximum atomic E-state index is 12.2. The van der Waals surface area contributed by atoms with Gasteiger partial charge in [-0.15, -0.1) is 0 Å². The molecule has 6 N–H and O–H groups in total. The van der Waals surface area contributed by atoms with Crippen LogP contribution in [0, 0.1) is 10.8 Å².